The van der Waals surface area contributed by atoms with Gasteiger partial charge in [0.2, 0.25) is 0 Å². The quantitative estimate of drug-likeness (QED) is 0.892. The summed E-state index contributed by atoms with van der Waals surface area (Å²) in [5, 5.41) is 11.9. The van der Waals surface area contributed by atoms with E-state index in [4.69, 9.17) is 0 Å². The van der Waals surface area contributed by atoms with Crippen molar-refractivity contribution in [2.24, 2.45) is 0 Å². The first-order valence-corrected chi connectivity index (χ1v) is 6.03. The van der Waals surface area contributed by atoms with Gasteiger partial charge in [-0.3, -0.25) is 0 Å². The lowest BCUT2D eigenvalue weighted by atomic mass is 10.1. The lowest BCUT2D eigenvalue weighted by molar-refractivity contribution is 0.223. The summed E-state index contributed by atoms with van der Waals surface area (Å²) in [7, 11) is 0. The van der Waals surface area contributed by atoms with Crippen LogP contribution in [0.2, 0.25) is 0 Å². The first-order valence-electron chi connectivity index (χ1n) is 4.35. The monoisotopic (exact) mass is 286 g/mol. The highest BCUT2D eigenvalue weighted by Crippen LogP contribution is 2.32. The Morgan fingerprint density at radius 3 is 2.73 bits per heavy atom. The van der Waals surface area contributed by atoms with Crippen LogP contribution < -0.4 is 0 Å². The molecule has 15 heavy (non-hydrogen) atoms. The van der Waals surface area contributed by atoms with Gasteiger partial charge in [0.1, 0.15) is 11.9 Å². The lowest BCUT2D eigenvalue weighted by Crippen LogP contribution is -1.99. The number of thiophene rings is 1. The molecule has 1 nitrogen and oxygen atoms in total. The molecule has 2 rings (SSSR count). The van der Waals surface area contributed by atoms with Gasteiger partial charge >= 0.3 is 0 Å². The van der Waals surface area contributed by atoms with E-state index in [9.17, 15) is 9.50 Å². The highest BCUT2D eigenvalue weighted by Gasteiger charge is 2.16. The van der Waals surface area contributed by atoms with Crippen molar-refractivity contribution in [1.82, 2.24) is 0 Å². The normalized spacial score (nSPS) is 12.7. The van der Waals surface area contributed by atoms with Crippen molar-refractivity contribution in [3.05, 3.63) is 56.4 Å². The molecule has 0 aliphatic carbocycles. The van der Waals surface area contributed by atoms with Crippen LogP contribution in [0.4, 0.5) is 4.39 Å². The molecule has 1 aromatic heterocycles. The molecule has 1 N–H and O–H groups in total. The molecule has 78 valence electrons. The van der Waals surface area contributed by atoms with Crippen LogP contribution in [0.3, 0.4) is 0 Å². The number of halogens is 2. The molecule has 1 aromatic carbocycles. The molecule has 2 aromatic rings. The fourth-order valence-corrected chi connectivity index (χ4v) is 2.54. The van der Waals surface area contributed by atoms with Crippen molar-refractivity contribution in [2.75, 3.05) is 0 Å². The highest BCUT2D eigenvalue weighted by atomic mass is 79.9. The van der Waals surface area contributed by atoms with Gasteiger partial charge in [0, 0.05) is 10.4 Å². The van der Waals surface area contributed by atoms with Crippen LogP contribution in [0.5, 0.6) is 0 Å². The molecule has 0 aliphatic heterocycles. The van der Waals surface area contributed by atoms with Crippen molar-refractivity contribution < 1.29 is 9.50 Å². The fraction of sp³-hybridized carbons (Fsp3) is 0.0909. The van der Waals surface area contributed by atoms with Crippen molar-refractivity contribution in [2.45, 2.75) is 6.10 Å². The van der Waals surface area contributed by atoms with E-state index in [-0.39, 0.29) is 5.82 Å². The van der Waals surface area contributed by atoms with E-state index in [0.717, 1.165) is 4.88 Å². The van der Waals surface area contributed by atoms with Gasteiger partial charge in [-0.05, 0) is 33.4 Å². The number of benzene rings is 1. The second-order valence-electron chi connectivity index (χ2n) is 3.06. The lowest BCUT2D eigenvalue weighted by Gasteiger charge is -2.11. The molecular weight excluding hydrogens is 279 g/mol. The minimum Gasteiger partial charge on any atom is -0.383 e. The third-order valence-corrected chi connectivity index (χ3v) is 3.85. The summed E-state index contributed by atoms with van der Waals surface area (Å²) in [6.07, 6.45) is -0.768. The average Bonchev–Trinajstić information content (AvgIpc) is 2.74. The Bertz CT molecular complexity index is 456. The molecule has 0 bridgehead atoms. The van der Waals surface area contributed by atoms with Crippen molar-refractivity contribution >= 4 is 27.3 Å². The zero-order valence-corrected chi connectivity index (χ0v) is 10.1. The minimum absolute atomic E-state index is 0.325. The Kier molecular flexibility index (Phi) is 3.19. The number of aliphatic hydroxyl groups excluding tert-OH is 1. The maximum atomic E-state index is 13.2. The van der Waals surface area contributed by atoms with E-state index in [2.05, 4.69) is 15.9 Å². The predicted octanol–water partition coefficient (Wildman–Crippen LogP) is 3.73. The Morgan fingerprint density at radius 2 is 2.07 bits per heavy atom. The maximum Gasteiger partial charge on any atom is 0.137 e. The van der Waals surface area contributed by atoms with Gasteiger partial charge in [0.15, 0.2) is 0 Å². The summed E-state index contributed by atoms with van der Waals surface area (Å²) in [4.78, 5) is 0.807. The maximum absolute atomic E-state index is 13.2. The van der Waals surface area contributed by atoms with Crippen LogP contribution in [0.15, 0.2) is 40.2 Å². The Hall–Kier alpha value is -0.710. The summed E-state index contributed by atoms with van der Waals surface area (Å²) in [5.74, 6) is -0.358. The zero-order chi connectivity index (χ0) is 10.8. The van der Waals surface area contributed by atoms with Crippen molar-refractivity contribution in [3.63, 3.8) is 0 Å². The molecule has 1 atom stereocenters. The van der Waals surface area contributed by atoms with Crippen molar-refractivity contribution in [1.29, 1.82) is 0 Å². The average molecular weight is 287 g/mol. The number of hydrogen-bond acceptors (Lipinski definition) is 2. The van der Waals surface area contributed by atoms with Gasteiger partial charge in [-0.2, -0.15) is 0 Å². The molecule has 0 saturated heterocycles. The largest absolute Gasteiger partial charge is 0.383 e. The minimum atomic E-state index is -0.768. The molecule has 0 spiro atoms. The Morgan fingerprint density at radius 1 is 1.27 bits per heavy atom. The summed E-state index contributed by atoms with van der Waals surface area (Å²) >= 11 is 4.58. The van der Waals surface area contributed by atoms with Gasteiger partial charge < -0.3 is 5.11 Å². The Labute approximate surface area is 99.3 Å². The highest BCUT2D eigenvalue weighted by molar-refractivity contribution is 9.10. The van der Waals surface area contributed by atoms with Gasteiger partial charge in [-0.15, -0.1) is 11.3 Å². The molecule has 0 radical (unpaired) electrons. The first-order chi connectivity index (χ1) is 7.20. The van der Waals surface area contributed by atoms with Gasteiger partial charge in [0.05, 0.1) is 4.47 Å². The number of aliphatic hydroxyl groups is 1. The van der Waals surface area contributed by atoms with E-state index in [1.807, 2.05) is 17.5 Å². The van der Waals surface area contributed by atoms with E-state index >= 15 is 0 Å². The summed E-state index contributed by atoms with van der Waals surface area (Å²) in [5.41, 5.74) is 0.553. The van der Waals surface area contributed by atoms with Crippen LogP contribution in [0, 0.1) is 5.82 Å². The van der Waals surface area contributed by atoms with Gasteiger partial charge in [-0.1, -0.05) is 18.2 Å². The fourth-order valence-electron chi connectivity index (χ4n) is 1.33. The third-order valence-electron chi connectivity index (χ3n) is 2.09. The molecule has 1 unspecified atom stereocenters. The van der Waals surface area contributed by atoms with E-state index in [1.165, 1.54) is 17.4 Å². The molecule has 0 aliphatic rings. The number of rotatable bonds is 2. The second-order valence-corrected chi connectivity index (χ2v) is 4.83. The van der Waals surface area contributed by atoms with E-state index in [1.54, 1.807) is 12.1 Å². The summed E-state index contributed by atoms with van der Waals surface area (Å²) in [6.45, 7) is 0. The van der Waals surface area contributed by atoms with Crippen LogP contribution in [-0.4, -0.2) is 5.11 Å². The van der Waals surface area contributed by atoms with Crippen LogP contribution in [-0.2, 0) is 0 Å². The van der Waals surface area contributed by atoms with Crippen molar-refractivity contribution in [3.8, 4) is 0 Å². The molecule has 4 heteroatoms. The summed E-state index contributed by atoms with van der Waals surface area (Å²) < 4.78 is 13.6. The Balaban J connectivity index is 2.42. The molecule has 0 saturated carbocycles. The van der Waals surface area contributed by atoms with E-state index < -0.39 is 6.10 Å². The van der Waals surface area contributed by atoms with Gasteiger partial charge in [-0.25, -0.2) is 4.39 Å². The molecule has 1 heterocycles. The topological polar surface area (TPSA) is 20.2 Å². The molecule has 0 amide bonds. The smallest absolute Gasteiger partial charge is 0.137 e. The standard InChI is InChI=1S/C11H8BrFOS/c12-10-7(3-1-4-8(10)13)11(14)9-5-2-6-15-9/h1-6,11,14H. The van der Waals surface area contributed by atoms with Crippen LogP contribution in [0.1, 0.15) is 16.5 Å². The van der Waals surface area contributed by atoms with Crippen LogP contribution >= 0.6 is 27.3 Å². The first kappa shape index (κ1) is 10.8. The zero-order valence-electron chi connectivity index (χ0n) is 7.65. The van der Waals surface area contributed by atoms with Gasteiger partial charge in [0.25, 0.3) is 0 Å². The second kappa shape index (κ2) is 4.43. The molecule has 0 fully saturated rings. The predicted molar refractivity (Wildman–Crippen MR) is 62.5 cm³/mol. The summed E-state index contributed by atoms with van der Waals surface area (Å²) in [6, 6.07) is 8.33. The molecular formula is C11H8BrFOS. The SMILES string of the molecule is OC(c1cccs1)c1cccc(F)c1Br. The van der Waals surface area contributed by atoms with E-state index in [0.29, 0.717) is 10.0 Å². The third kappa shape index (κ3) is 2.12. The number of hydrogen-bond donors (Lipinski definition) is 1. The van der Waals surface area contributed by atoms with Crippen LogP contribution in [0.25, 0.3) is 0 Å².